The molecule has 0 spiro atoms. The fourth-order valence-electron chi connectivity index (χ4n) is 1.54. The van der Waals surface area contributed by atoms with Crippen LogP contribution in [0.15, 0.2) is 41.4 Å². The van der Waals surface area contributed by atoms with Gasteiger partial charge in [0.15, 0.2) is 0 Å². The van der Waals surface area contributed by atoms with Gasteiger partial charge in [0, 0.05) is 22.9 Å². The molecule has 2 aromatic carbocycles. The summed E-state index contributed by atoms with van der Waals surface area (Å²) in [5, 5.41) is 20.6. The van der Waals surface area contributed by atoms with Gasteiger partial charge < -0.3 is 5.11 Å². The standard InChI is InChI=1S/C13H8ClFN2O3/c14-9-4-8(13(18)12(5-9)17(19)20)7-16-11-3-1-2-10(15)6-11/h1-7,18H. The van der Waals surface area contributed by atoms with Crippen LogP contribution in [0.2, 0.25) is 5.02 Å². The first-order chi connectivity index (χ1) is 9.47. The first kappa shape index (κ1) is 14.0. The highest BCUT2D eigenvalue weighted by molar-refractivity contribution is 6.31. The van der Waals surface area contributed by atoms with Gasteiger partial charge in [0.1, 0.15) is 5.82 Å². The molecule has 20 heavy (non-hydrogen) atoms. The number of nitrogens with zero attached hydrogens (tertiary/aromatic N) is 2. The van der Waals surface area contributed by atoms with E-state index in [4.69, 9.17) is 11.6 Å². The van der Waals surface area contributed by atoms with Crippen LogP contribution in [0.25, 0.3) is 0 Å². The van der Waals surface area contributed by atoms with Crippen LogP contribution in [0.3, 0.4) is 0 Å². The molecule has 0 fully saturated rings. The molecule has 0 aliphatic rings. The second-order valence-corrected chi connectivity index (χ2v) is 4.29. The average Bonchev–Trinajstić information content (AvgIpc) is 2.39. The molecule has 0 atom stereocenters. The van der Waals surface area contributed by atoms with Crippen LogP contribution in [0.1, 0.15) is 5.56 Å². The lowest BCUT2D eigenvalue weighted by molar-refractivity contribution is -0.385. The maximum absolute atomic E-state index is 13.0. The summed E-state index contributed by atoms with van der Waals surface area (Å²) in [6.45, 7) is 0. The predicted octanol–water partition coefficient (Wildman–Crippen LogP) is 3.84. The van der Waals surface area contributed by atoms with Crippen LogP contribution in [0.5, 0.6) is 5.75 Å². The summed E-state index contributed by atoms with van der Waals surface area (Å²) in [5.41, 5.74) is -0.126. The predicted molar refractivity (Wildman–Crippen MR) is 73.4 cm³/mol. The minimum atomic E-state index is -0.749. The fraction of sp³-hybridized carbons (Fsp3) is 0. The van der Waals surface area contributed by atoms with Crippen LogP contribution >= 0.6 is 11.6 Å². The molecule has 0 heterocycles. The van der Waals surface area contributed by atoms with Gasteiger partial charge in [-0.1, -0.05) is 17.7 Å². The van der Waals surface area contributed by atoms with Crippen molar-refractivity contribution in [1.29, 1.82) is 0 Å². The Bertz CT molecular complexity index is 704. The summed E-state index contributed by atoms with van der Waals surface area (Å²) >= 11 is 5.74. The molecule has 102 valence electrons. The highest BCUT2D eigenvalue weighted by Crippen LogP contribution is 2.32. The van der Waals surface area contributed by atoms with E-state index < -0.39 is 22.2 Å². The molecule has 0 bridgehead atoms. The lowest BCUT2D eigenvalue weighted by Crippen LogP contribution is -1.92. The van der Waals surface area contributed by atoms with E-state index in [1.807, 2.05) is 0 Å². The minimum Gasteiger partial charge on any atom is -0.502 e. The van der Waals surface area contributed by atoms with Gasteiger partial charge in [0.2, 0.25) is 5.75 Å². The number of nitro benzene ring substituents is 1. The number of rotatable bonds is 3. The molecule has 0 saturated carbocycles. The van der Waals surface area contributed by atoms with Crippen LogP contribution in [0, 0.1) is 15.9 Å². The van der Waals surface area contributed by atoms with Crippen LogP contribution < -0.4 is 0 Å². The summed E-state index contributed by atoms with van der Waals surface area (Å²) in [5.74, 6) is -1.000. The van der Waals surface area contributed by atoms with Gasteiger partial charge in [-0.05, 0) is 24.3 Å². The number of aliphatic imine (C=N–C) groups is 1. The lowest BCUT2D eigenvalue weighted by Gasteiger charge is -2.01. The zero-order chi connectivity index (χ0) is 14.7. The molecule has 0 aliphatic heterocycles. The van der Waals surface area contributed by atoms with E-state index in [1.165, 1.54) is 30.5 Å². The molecule has 2 aromatic rings. The van der Waals surface area contributed by atoms with Gasteiger partial charge >= 0.3 is 5.69 Å². The maximum Gasteiger partial charge on any atom is 0.312 e. The number of nitro groups is 1. The lowest BCUT2D eigenvalue weighted by atomic mass is 10.2. The first-order valence-electron chi connectivity index (χ1n) is 5.44. The van der Waals surface area contributed by atoms with Crippen LogP contribution in [-0.2, 0) is 0 Å². The Morgan fingerprint density at radius 1 is 1.35 bits per heavy atom. The van der Waals surface area contributed by atoms with Crippen molar-refractivity contribution >= 4 is 29.2 Å². The topological polar surface area (TPSA) is 75.7 Å². The molecule has 1 N–H and O–H groups in total. The number of hydrogen-bond acceptors (Lipinski definition) is 4. The van der Waals surface area contributed by atoms with E-state index in [0.29, 0.717) is 5.69 Å². The third-order valence-corrected chi connectivity index (χ3v) is 2.66. The van der Waals surface area contributed by atoms with Crippen molar-refractivity contribution in [3.05, 3.63) is 62.9 Å². The normalized spacial score (nSPS) is 10.9. The molecule has 0 radical (unpaired) electrons. The van der Waals surface area contributed by atoms with Gasteiger partial charge in [0.05, 0.1) is 10.6 Å². The van der Waals surface area contributed by atoms with Crippen molar-refractivity contribution < 1.29 is 14.4 Å². The molecular formula is C13H8ClFN2O3. The Morgan fingerprint density at radius 2 is 2.10 bits per heavy atom. The highest BCUT2D eigenvalue weighted by Gasteiger charge is 2.17. The smallest absolute Gasteiger partial charge is 0.312 e. The number of phenols is 1. The molecule has 0 unspecified atom stereocenters. The largest absolute Gasteiger partial charge is 0.502 e. The van der Waals surface area contributed by atoms with E-state index in [1.54, 1.807) is 6.07 Å². The van der Waals surface area contributed by atoms with Gasteiger partial charge in [-0.15, -0.1) is 0 Å². The van der Waals surface area contributed by atoms with Crippen molar-refractivity contribution in [3.63, 3.8) is 0 Å². The second-order valence-electron chi connectivity index (χ2n) is 3.86. The third-order valence-electron chi connectivity index (χ3n) is 2.44. The average molecular weight is 295 g/mol. The quantitative estimate of drug-likeness (QED) is 0.531. The van der Waals surface area contributed by atoms with Gasteiger partial charge in [-0.25, -0.2) is 4.39 Å². The van der Waals surface area contributed by atoms with Gasteiger partial charge in [-0.3, -0.25) is 15.1 Å². The van der Waals surface area contributed by atoms with Crippen molar-refractivity contribution in [2.45, 2.75) is 0 Å². The summed E-state index contributed by atoms with van der Waals surface area (Å²) < 4.78 is 13.0. The molecule has 5 nitrogen and oxygen atoms in total. The van der Waals surface area contributed by atoms with Crippen molar-refractivity contribution in [2.75, 3.05) is 0 Å². The third kappa shape index (κ3) is 3.10. The van der Waals surface area contributed by atoms with Crippen LogP contribution in [0.4, 0.5) is 15.8 Å². The minimum absolute atomic E-state index is 0.0773. The Balaban J connectivity index is 2.41. The summed E-state index contributed by atoms with van der Waals surface area (Å²) in [6, 6.07) is 7.84. The molecular weight excluding hydrogens is 287 g/mol. The monoisotopic (exact) mass is 294 g/mol. The number of hydrogen-bond donors (Lipinski definition) is 1. The zero-order valence-electron chi connectivity index (χ0n) is 9.96. The van der Waals surface area contributed by atoms with E-state index in [0.717, 1.165) is 6.07 Å². The Hall–Kier alpha value is -2.47. The van der Waals surface area contributed by atoms with Crippen molar-refractivity contribution in [1.82, 2.24) is 0 Å². The van der Waals surface area contributed by atoms with Crippen LogP contribution in [-0.4, -0.2) is 16.2 Å². The van der Waals surface area contributed by atoms with E-state index in [2.05, 4.69) is 4.99 Å². The molecule has 0 aromatic heterocycles. The highest BCUT2D eigenvalue weighted by atomic mass is 35.5. The number of benzene rings is 2. The van der Waals surface area contributed by atoms with E-state index in [-0.39, 0.29) is 10.6 Å². The Morgan fingerprint density at radius 3 is 2.75 bits per heavy atom. The number of phenolic OH excluding ortho intramolecular Hbond substituents is 1. The van der Waals surface area contributed by atoms with Gasteiger partial charge in [-0.2, -0.15) is 0 Å². The zero-order valence-corrected chi connectivity index (χ0v) is 10.7. The first-order valence-corrected chi connectivity index (χ1v) is 5.81. The summed E-state index contributed by atoms with van der Waals surface area (Å²) in [4.78, 5) is 13.9. The van der Waals surface area contributed by atoms with Crippen molar-refractivity contribution in [3.8, 4) is 5.75 Å². The SMILES string of the molecule is O=[N+]([O-])c1cc(Cl)cc(C=Nc2cccc(F)c2)c1O. The Labute approximate surface area is 118 Å². The second kappa shape index (κ2) is 5.66. The molecule has 0 saturated heterocycles. The summed E-state index contributed by atoms with van der Waals surface area (Å²) in [7, 11) is 0. The summed E-state index contributed by atoms with van der Waals surface area (Å²) in [6.07, 6.45) is 1.18. The fourth-order valence-corrected chi connectivity index (χ4v) is 1.76. The van der Waals surface area contributed by atoms with Crippen molar-refractivity contribution in [2.24, 2.45) is 4.99 Å². The number of halogens is 2. The van der Waals surface area contributed by atoms with E-state index in [9.17, 15) is 19.6 Å². The van der Waals surface area contributed by atoms with Gasteiger partial charge in [0.25, 0.3) is 0 Å². The number of aromatic hydroxyl groups is 1. The molecule has 7 heteroatoms. The Kier molecular flexibility index (Phi) is 3.95. The van der Waals surface area contributed by atoms with E-state index >= 15 is 0 Å². The molecule has 0 aliphatic carbocycles. The molecule has 2 rings (SSSR count). The maximum atomic E-state index is 13.0. The molecule has 0 amide bonds.